The molecule has 0 aliphatic rings. The fourth-order valence-electron chi connectivity index (χ4n) is 1.52. The average molecular weight is 302 g/mol. The minimum Gasteiger partial charge on any atom is -0.399 e. The maximum absolute atomic E-state index is 13.4. The van der Waals surface area contributed by atoms with E-state index in [-0.39, 0.29) is 5.69 Å². The van der Waals surface area contributed by atoms with Gasteiger partial charge < -0.3 is 5.73 Å². The predicted molar refractivity (Wildman–Crippen MR) is 68.0 cm³/mol. The van der Waals surface area contributed by atoms with Crippen molar-refractivity contribution in [2.24, 2.45) is 0 Å². The molecular formula is C12H9F3N2O2S. The Kier molecular flexibility index (Phi) is 3.58. The van der Waals surface area contributed by atoms with Gasteiger partial charge in [-0.15, -0.1) is 0 Å². The van der Waals surface area contributed by atoms with Crippen molar-refractivity contribution in [2.45, 2.75) is 4.90 Å². The van der Waals surface area contributed by atoms with Gasteiger partial charge in [0.15, 0.2) is 0 Å². The Morgan fingerprint density at radius 3 is 2.25 bits per heavy atom. The van der Waals surface area contributed by atoms with Gasteiger partial charge in [-0.25, -0.2) is 21.6 Å². The van der Waals surface area contributed by atoms with E-state index in [2.05, 4.69) is 0 Å². The van der Waals surface area contributed by atoms with Crippen molar-refractivity contribution in [1.82, 2.24) is 0 Å². The average Bonchev–Trinajstić information content (AvgIpc) is 2.31. The van der Waals surface area contributed by atoms with Crippen LogP contribution in [-0.4, -0.2) is 8.42 Å². The lowest BCUT2D eigenvalue weighted by Crippen LogP contribution is -2.14. The third-order valence-corrected chi connectivity index (χ3v) is 3.72. The largest absolute Gasteiger partial charge is 0.399 e. The number of sulfonamides is 1. The van der Waals surface area contributed by atoms with Gasteiger partial charge in [-0.3, -0.25) is 4.72 Å². The third kappa shape index (κ3) is 3.02. The van der Waals surface area contributed by atoms with E-state index in [0.29, 0.717) is 6.07 Å². The highest BCUT2D eigenvalue weighted by Gasteiger charge is 2.18. The Morgan fingerprint density at radius 2 is 1.65 bits per heavy atom. The first-order chi connectivity index (χ1) is 9.28. The predicted octanol–water partition coefficient (Wildman–Crippen LogP) is 2.49. The van der Waals surface area contributed by atoms with Gasteiger partial charge in [0.05, 0.1) is 10.6 Å². The molecule has 2 aromatic carbocycles. The summed E-state index contributed by atoms with van der Waals surface area (Å²) in [6.07, 6.45) is 0. The number of nitrogens with one attached hydrogen (secondary N) is 1. The molecule has 0 radical (unpaired) electrons. The van der Waals surface area contributed by atoms with E-state index in [1.807, 2.05) is 4.72 Å². The van der Waals surface area contributed by atoms with E-state index in [0.717, 1.165) is 30.3 Å². The second kappa shape index (κ2) is 5.04. The highest BCUT2D eigenvalue weighted by Crippen LogP contribution is 2.22. The van der Waals surface area contributed by atoms with E-state index >= 15 is 0 Å². The maximum Gasteiger partial charge on any atom is 0.262 e. The Bertz CT molecular complexity index is 743. The zero-order chi connectivity index (χ0) is 14.9. The zero-order valence-electron chi connectivity index (χ0n) is 9.90. The van der Waals surface area contributed by atoms with Gasteiger partial charge in [0.25, 0.3) is 10.0 Å². The molecule has 0 aromatic heterocycles. The minimum absolute atomic E-state index is 0.0926. The molecule has 0 heterocycles. The summed E-state index contributed by atoms with van der Waals surface area (Å²) in [5.41, 5.74) is 4.80. The monoisotopic (exact) mass is 302 g/mol. The van der Waals surface area contributed by atoms with Gasteiger partial charge in [0, 0.05) is 11.8 Å². The van der Waals surface area contributed by atoms with Crippen LogP contribution in [0.25, 0.3) is 0 Å². The van der Waals surface area contributed by atoms with Crippen LogP contribution in [-0.2, 0) is 10.0 Å². The van der Waals surface area contributed by atoms with Gasteiger partial charge in [-0.1, -0.05) is 0 Å². The molecule has 106 valence electrons. The maximum atomic E-state index is 13.4. The zero-order valence-corrected chi connectivity index (χ0v) is 10.7. The normalized spacial score (nSPS) is 11.3. The summed E-state index contributed by atoms with van der Waals surface area (Å²) < 4.78 is 65.0. The Labute approximate surface area is 113 Å². The standard InChI is InChI=1S/C12H9F3N2O2S/c13-7-1-2-12(11(15)5-7)17-20(18,19)10-4-8(14)3-9(16)6-10/h1-6,17H,16H2. The SMILES string of the molecule is Nc1cc(F)cc(S(=O)(=O)Nc2ccc(F)cc2F)c1. The summed E-state index contributed by atoms with van der Waals surface area (Å²) in [4.78, 5) is -0.460. The van der Waals surface area contributed by atoms with Gasteiger partial charge in [0.1, 0.15) is 17.5 Å². The first kappa shape index (κ1) is 14.2. The molecule has 0 atom stereocenters. The molecule has 0 saturated heterocycles. The summed E-state index contributed by atoms with van der Waals surface area (Å²) in [5, 5.41) is 0. The van der Waals surface area contributed by atoms with Crippen LogP contribution in [0, 0.1) is 17.5 Å². The highest BCUT2D eigenvalue weighted by molar-refractivity contribution is 7.92. The second-order valence-electron chi connectivity index (χ2n) is 3.95. The molecule has 3 N–H and O–H groups in total. The molecule has 8 heteroatoms. The van der Waals surface area contributed by atoms with E-state index in [1.165, 1.54) is 0 Å². The van der Waals surface area contributed by atoms with Crippen LogP contribution >= 0.6 is 0 Å². The molecule has 0 saturated carbocycles. The van der Waals surface area contributed by atoms with Crippen LogP contribution in [0.2, 0.25) is 0 Å². The van der Waals surface area contributed by atoms with Crippen molar-refractivity contribution in [3.63, 3.8) is 0 Å². The molecule has 2 aromatic rings. The van der Waals surface area contributed by atoms with E-state index in [4.69, 9.17) is 5.73 Å². The van der Waals surface area contributed by atoms with E-state index < -0.39 is 38.1 Å². The lowest BCUT2D eigenvalue weighted by atomic mass is 10.3. The summed E-state index contributed by atoms with van der Waals surface area (Å²) in [7, 11) is -4.23. The van der Waals surface area contributed by atoms with Crippen molar-refractivity contribution in [2.75, 3.05) is 10.5 Å². The summed E-state index contributed by atoms with van der Waals surface area (Å²) in [6.45, 7) is 0. The van der Waals surface area contributed by atoms with Crippen molar-refractivity contribution in [1.29, 1.82) is 0 Å². The Hall–Kier alpha value is -2.22. The smallest absolute Gasteiger partial charge is 0.262 e. The first-order valence-corrected chi connectivity index (χ1v) is 6.80. The molecule has 0 unspecified atom stereocenters. The number of nitrogens with two attached hydrogens (primary N) is 1. The fourth-order valence-corrected chi connectivity index (χ4v) is 2.65. The van der Waals surface area contributed by atoms with Crippen LogP contribution < -0.4 is 10.5 Å². The fraction of sp³-hybridized carbons (Fsp3) is 0. The van der Waals surface area contributed by atoms with Gasteiger partial charge in [-0.2, -0.15) is 0 Å². The topological polar surface area (TPSA) is 72.2 Å². The molecule has 0 aliphatic heterocycles. The Morgan fingerprint density at radius 1 is 0.950 bits per heavy atom. The van der Waals surface area contributed by atoms with Crippen LogP contribution in [0.1, 0.15) is 0 Å². The van der Waals surface area contributed by atoms with Crippen LogP contribution in [0.3, 0.4) is 0 Å². The van der Waals surface area contributed by atoms with Gasteiger partial charge in [0.2, 0.25) is 0 Å². The molecule has 0 amide bonds. The number of hydrogen-bond acceptors (Lipinski definition) is 3. The Balaban J connectivity index is 2.40. The van der Waals surface area contributed by atoms with Crippen LogP contribution in [0.15, 0.2) is 41.3 Å². The quantitative estimate of drug-likeness (QED) is 0.856. The number of benzene rings is 2. The number of nitrogen functional groups attached to an aromatic ring is 1. The molecule has 0 aliphatic carbocycles. The molecule has 2 rings (SSSR count). The summed E-state index contributed by atoms with van der Waals surface area (Å²) in [6, 6.07) is 5.04. The van der Waals surface area contributed by atoms with Crippen molar-refractivity contribution < 1.29 is 21.6 Å². The van der Waals surface area contributed by atoms with Gasteiger partial charge >= 0.3 is 0 Å². The molecule has 0 bridgehead atoms. The number of rotatable bonds is 3. The van der Waals surface area contributed by atoms with Crippen LogP contribution in [0.4, 0.5) is 24.5 Å². The van der Waals surface area contributed by atoms with E-state index in [1.54, 1.807) is 0 Å². The van der Waals surface area contributed by atoms with Crippen molar-refractivity contribution in [3.05, 3.63) is 53.8 Å². The number of hydrogen-bond donors (Lipinski definition) is 2. The number of anilines is 2. The lowest BCUT2D eigenvalue weighted by Gasteiger charge is -2.09. The van der Waals surface area contributed by atoms with E-state index in [9.17, 15) is 21.6 Å². The lowest BCUT2D eigenvalue weighted by molar-refractivity contribution is 0.582. The minimum atomic E-state index is -4.23. The third-order valence-electron chi connectivity index (χ3n) is 2.38. The molecular weight excluding hydrogens is 293 g/mol. The first-order valence-electron chi connectivity index (χ1n) is 5.32. The molecule has 4 nitrogen and oxygen atoms in total. The van der Waals surface area contributed by atoms with Crippen molar-refractivity contribution in [3.8, 4) is 0 Å². The second-order valence-corrected chi connectivity index (χ2v) is 5.63. The molecule has 20 heavy (non-hydrogen) atoms. The van der Waals surface area contributed by atoms with Crippen molar-refractivity contribution >= 4 is 21.4 Å². The molecule has 0 fully saturated rings. The summed E-state index contributed by atoms with van der Waals surface area (Å²) in [5.74, 6) is -2.77. The number of halogens is 3. The summed E-state index contributed by atoms with van der Waals surface area (Å²) >= 11 is 0. The molecule has 0 spiro atoms. The highest BCUT2D eigenvalue weighted by atomic mass is 32.2. The van der Waals surface area contributed by atoms with Gasteiger partial charge in [-0.05, 0) is 30.3 Å². The van der Waals surface area contributed by atoms with Crippen LogP contribution in [0.5, 0.6) is 0 Å².